The Morgan fingerprint density at radius 2 is 1.35 bits per heavy atom. The van der Waals surface area contributed by atoms with Crippen molar-refractivity contribution in [3.8, 4) is 6.07 Å². The monoisotopic (exact) mass is 565 g/mol. The summed E-state index contributed by atoms with van der Waals surface area (Å²) in [5.41, 5.74) is 4.49. The number of aryl methyl sites for hydroxylation is 2. The van der Waals surface area contributed by atoms with E-state index in [9.17, 15) is 0 Å². The molecule has 0 radical (unpaired) electrons. The van der Waals surface area contributed by atoms with E-state index in [-0.39, 0.29) is 0 Å². The molecule has 0 fully saturated rings. The van der Waals surface area contributed by atoms with Crippen molar-refractivity contribution in [1.82, 2.24) is 0 Å². The number of rotatable bonds is 3. The summed E-state index contributed by atoms with van der Waals surface area (Å²) in [7, 11) is 0. The van der Waals surface area contributed by atoms with Crippen molar-refractivity contribution in [2.75, 3.05) is 0 Å². The molecule has 40 heavy (non-hydrogen) atoms. The molecule has 3 aromatic carbocycles. The summed E-state index contributed by atoms with van der Waals surface area (Å²) in [5.74, 6) is 2.62. The first-order valence-electron chi connectivity index (χ1n) is 14.0. The first-order chi connectivity index (χ1) is 19.1. The van der Waals surface area contributed by atoms with Crippen molar-refractivity contribution in [3.63, 3.8) is 0 Å². The van der Waals surface area contributed by atoms with Gasteiger partial charge in [0.05, 0.1) is 5.56 Å². The number of thiophene rings is 2. The maximum atomic E-state index is 9.11. The summed E-state index contributed by atoms with van der Waals surface area (Å²) in [6, 6.07) is 27.8. The Morgan fingerprint density at radius 3 is 2.00 bits per heavy atom. The molecule has 0 amide bonds. The maximum absolute atomic E-state index is 9.11. The number of hydrogen-bond donors (Lipinski definition) is 0. The van der Waals surface area contributed by atoms with Crippen molar-refractivity contribution in [2.45, 2.75) is 73.1 Å². The molecule has 0 bridgehead atoms. The minimum Gasteiger partial charge on any atom is -0.461 e. The maximum Gasteiger partial charge on any atom is 0.134 e. The molecule has 0 N–H and O–H groups in total. The van der Waals surface area contributed by atoms with E-state index in [0.717, 1.165) is 22.3 Å². The molecule has 0 spiro atoms. The van der Waals surface area contributed by atoms with Crippen LogP contribution in [0.1, 0.15) is 91.5 Å². The van der Waals surface area contributed by atoms with Crippen LogP contribution in [0.4, 0.5) is 0 Å². The molecule has 3 aromatic heterocycles. The van der Waals surface area contributed by atoms with Crippen LogP contribution in [-0.2, 0) is 0 Å². The molecule has 4 heteroatoms. The lowest BCUT2D eigenvalue weighted by Gasteiger charge is -1.99. The van der Waals surface area contributed by atoms with Crippen molar-refractivity contribution in [3.05, 3.63) is 105 Å². The van der Waals surface area contributed by atoms with Crippen LogP contribution in [-0.4, -0.2) is 0 Å². The molecule has 0 aliphatic carbocycles. The van der Waals surface area contributed by atoms with Gasteiger partial charge >= 0.3 is 0 Å². The quantitative estimate of drug-likeness (QED) is 0.214. The molecule has 2 nitrogen and oxygen atoms in total. The Hall–Kier alpha value is -3.39. The van der Waals surface area contributed by atoms with Gasteiger partial charge in [0.15, 0.2) is 0 Å². The highest BCUT2D eigenvalue weighted by molar-refractivity contribution is 7.19. The molecule has 0 aliphatic rings. The van der Waals surface area contributed by atoms with Crippen LogP contribution in [0.3, 0.4) is 0 Å². The number of benzene rings is 3. The standard InChI is InChI=1S/C12H11NS.C12H14O.C12H14S/c1-8(2)12-10(7-13)9-5-3-4-6-11(9)14-12;2*1-8(2)12-7-10-6-9(3)4-5-11(10)13-12/h3-6,8H,1-2H3;2*4-8H,1-3H3. The van der Waals surface area contributed by atoms with E-state index in [2.05, 4.69) is 110 Å². The average molecular weight is 566 g/mol. The van der Waals surface area contributed by atoms with E-state index in [1.807, 2.05) is 35.6 Å². The smallest absolute Gasteiger partial charge is 0.134 e. The summed E-state index contributed by atoms with van der Waals surface area (Å²) in [6.45, 7) is 17.3. The first-order valence-corrected chi connectivity index (χ1v) is 15.6. The Morgan fingerprint density at radius 1 is 0.675 bits per heavy atom. The summed E-state index contributed by atoms with van der Waals surface area (Å²) in [5, 5.41) is 12.8. The number of nitriles is 1. The minimum absolute atomic E-state index is 0.432. The third-order valence-electron chi connectivity index (χ3n) is 6.78. The van der Waals surface area contributed by atoms with Gasteiger partial charge in [-0.05, 0) is 67.5 Å². The van der Waals surface area contributed by atoms with Crippen molar-refractivity contribution >= 4 is 53.8 Å². The van der Waals surface area contributed by atoms with E-state index in [1.54, 1.807) is 11.3 Å². The van der Waals surface area contributed by atoms with Crippen LogP contribution in [0, 0.1) is 25.2 Å². The molecule has 206 valence electrons. The van der Waals surface area contributed by atoms with Gasteiger partial charge in [-0.15, -0.1) is 22.7 Å². The number of furan rings is 1. The van der Waals surface area contributed by atoms with Crippen molar-refractivity contribution in [2.24, 2.45) is 0 Å². The van der Waals surface area contributed by atoms with Gasteiger partial charge in [0.1, 0.15) is 17.4 Å². The van der Waals surface area contributed by atoms with Crippen LogP contribution in [0.2, 0.25) is 0 Å². The highest BCUT2D eigenvalue weighted by atomic mass is 32.1. The molecule has 0 atom stereocenters. The second-order valence-electron chi connectivity index (χ2n) is 11.3. The Balaban J connectivity index is 0.000000139. The van der Waals surface area contributed by atoms with Crippen LogP contribution in [0.25, 0.3) is 31.1 Å². The lowest BCUT2D eigenvalue weighted by Crippen LogP contribution is -1.85. The summed E-state index contributed by atoms with van der Waals surface area (Å²) >= 11 is 3.65. The summed E-state index contributed by atoms with van der Waals surface area (Å²) < 4.78 is 8.31. The highest BCUT2D eigenvalue weighted by Gasteiger charge is 2.13. The molecule has 6 aromatic rings. The van der Waals surface area contributed by atoms with Gasteiger partial charge in [0.2, 0.25) is 0 Å². The lowest BCUT2D eigenvalue weighted by molar-refractivity contribution is 0.522. The SMILES string of the molecule is CC(C)c1sc2ccccc2c1C#N.Cc1ccc2oc(C(C)C)cc2c1.Cc1ccc2sc(C(C)C)cc2c1. The van der Waals surface area contributed by atoms with Gasteiger partial charge in [-0.1, -0.05) is 89.1 Å². The minimum atomic E-state index is 0.432. The highest BCUT2D eigenvalue weighted by Crippen LogP contribution is 2.35. The van der Waals surface area contributed by atoms with E-state index in [0.29, 0.717) is 17.8 Å². The van der Waals surface area contributed by atoms with Gasteiger partial charge in [-0.3, -0.25) is 0 Å². The van der Waals surface area contributed by atoms with Crippen LogP contribution >= 0.6 is 22.7 Å². The van der Waals surface area contributed by atoms with Crippen LogP contribution in [0.5, 0.6) is 0 Å². The van der Waals surface area contributed by atoms with Crippen molar-refractivity contribution in [1.29, 1.82) is 5.26 Å². The largest absolute Gasteiger partial charge is 0.461 e. The molecule has 3 heterocycles. The van der Waals surface area contributed by atoms with Gasteiger partial charge < -0.3 is 4.42 Å². The van der Waals surface area contributed by atoms with E-state index < -0.39 is 0 Å². The molecule has 0 unspecified atom stereocenters. The predicted molar refractivity (Wildman–Crippen MR) is 176 cm³/mol. The normalized spacial score (nSPS) is 11.2. The second kappa shape index (κ2) is 12.9. The van der Waals surface area contributed by atoms with Crippen LogP contribution < -0.4 is 0 Å². The van der Waals surface area contributed by atoms with Gasteiger partial charge in [-0.2, -0.15) is 5.26 Å². The van der Waals surface area contributed by atoms with Crippen molar-refractivity contribution < 1.29 is 4.42 Å². The number of hydrogen-bond acceptors (Lipinski definition) is 4. The fraction of sp³-hybridized carbons (Fsp3) is 0.306. The topological polar surface area (TPSA) is 36.9 Å². The molecular weight excluding hydrogens is 527 g/mol. The summed E-state index contributed by atoms with van der Waals surface area (Å²) in [4.78, 5) is 2.69. The third kappa shape index (κ3) is 6.84. The van der Waals surface area contributed by atoms with E-state index in [4.69, 9.17) is 9.68 Å². The second-order valence-corrected chi connectivity index (χ2v) is 13.5. The zero-order valence-electron chi connectivity index (χ0n) is 24.8. The predicted octanol–water partition coefficient (Wildman–Crippen LogP) is 12.1. The summed E-state index contributed by atoms with van der Waals surface area (Å²) in [6.07, 6.45) is 0. The molecule has 0 saturated carbocycles. The van der Waals surface area contributed by atoms with Crippen LogP contribution in [0.15, 0.2) is 77.2 Å². The average Bonchev–Trinajstić information content (AvgIpc) is 3.63. The zero-order chi connectivity index (χ0) is 29.0. The fourth-order valence-corrected chi connectivity index (χ4v) is 6.73. The number of nitrogens with zero attached hydrogens (tertiary/aromatic N) is 1. The number of fused-ring (bicyclic) bond motifs is 3. The van der Waals surface area contributed by atoms with Gasteiger partial charge in [0, 0.05) is 35.8 Å². The Labute approximate surface area is 246 Å². The van der Waals surface area contributed by atoms with Gasteiger partial charge in [0.25, 0.3) is 0 Å². The van der Waals surface area contributed by atoms with Gasteiger partial charge in [-0.25, -0.2) is 0 Å². The lowest BCUT2D eigenvalue weighted by atomic mass is 10.1. The molecule has 6 rings (SSSR count). The third-order valence-corrected chi connectivity index (χ3v) is 9.67. The molecule has 0 saturated heterocycles. The fourth-order valence-electron chi connectivity index (χ4n) is 4.52. The molecule has 0 aliphatic heterocycles. The van der Waals surface area contributed by atoms with E-state index in [1.165, 1.54) is 41.1 Å². The Kier molecular flexibility index (Phi) is 9.51. The first kappa shape index (κ1) is 29.6. The zero-order valence-corrected chi connectivity index (χ0v) is 26.5. The molecular formula is C36H39NOS2. The van der Waals surface area contributed by atoms with E-state index >= 15 is 0 Å². The Bertz CT molecular complexity index is 1690.